The van der Waals surface area contributed by atoms with Gasteiger partial charge in [-0.25, -0.2) is 0 Å². The SMILES string of the molecule is CCCCN1CCCc2cc(N=Nc3ccccc3)ccc21. The molecule has 3 heteroatoms. The van der Waals surface area contributed by atoms with Gasteiger partial charge in [-0.15, -0.1) is 0 Å². The number of rotatable bonds is 5. The lowest BCUT2D eigenvalue weighted by Crippen LogP contribution is -2.30. The van der Waals surface area contributed by atoms with Crippen LogP contribution in [0.2, 0.25) is 0 Å². The number of hydrogen-bond donors (Lipinski definition) is 0. The Bertz CT molecular complexity index is 634. The molecule has 114 valence electrons. The van der Waals surface area contributed by atoms with E-state index in [9.17, 15) is 0 Å². The zero-order valence-corrected chi connectivity index (χ0v) is 13.2. The van der Waals surface area contributed by atoms with Crippen LogP contribution in [0.5, 0.6) is 0 Å². The molecule has 2 aromatic rings. The smallest absolute Gasteiger partial charge is 0.0861 e. The third-order valence-corrected chi connectivity index (χ3v) is 4.10. The highest BCUT2D eigenvalue weighted by Gasteiger charge is 2.16. The van der Waals surface area contributed by atoms with Crippen molar-refractivity contribution in [1.82, 2.24) is 0 Å². The van der Waals surface area contributed by atoms with Gasteiger partial charge in [0, 0.05) is 18.8 Å². The maximum atomic E-state index is 4.38. The first-order valence-electron chi connectivity index (χ1n) is 8.21. The van der Waals surface area contributed by atoms with Gasteiger partial charge in [0.25, 0.3) is 0 Å². The summed E-state index contributed by atoms with van der Waals surface area (Å²) in [5, 5.41) is 8.68. The zero-order chi connectivity index (χ0) is 15.2. The van der Waals surface area contributed by atoms with Crippen LogP contribution in [0.25, 0.3) is 0 Å². The molecule has 0 amide bonds. The minimum atomic E-state index is 0.893. The minimum Gasteiger partial charge on any atom is -0.371 e. The van der Waals surface area contributed by atoms with Gasteiger partial charge in [-0.2, -0.15) is 10.2 Å². The van der Waals surface area contributed by atoms with E-state index in [4.69, 9.17) is 0 Å². The standard InChI is InChI=1S/C19H23N3/c1-2-3-13-22-14-7-8-16-15-18(11-12-19(16)22)21-20-17-9-5-4-6-10-17/h4-6,9-12,15H,2-3,7-8,13-14H2,1H3. The Kier molecular flexibility index (Phi) is 4.84. The molecule has 3 nitrogen and oxygen atoms in total. The minimum absolute atomic E-state index is 0.893. The van der Waals surface area contributed by atoms with Gasteiger partial charge in [-0.3, -0.25) is 0 Å². The molecule has 0 bridgehead atoms. The highest BCUT2D eigenvalue weighted by molar-refractivity contribution is 5.60. The summed E-state index contributed by atoms with van der Waals surface area (Å²) in [4.78, 5) is 2.51. The van der Waals surface area contributed by atoms with E-state index in [-0.39, 0.29) is 0 Å². The predicted octanol–water partition coefficient (Wildman–Crippen LogP) is 5.65. The van der Waals surface area contributed by atoms with Crippen molar-refractivity contribution in [2.45, 2.75) is 32.6 Å². The van der Waals surface area contributed by atoms with Gasteiger partial charge in [-0.1, -0.05) is 31.5 Å². The molecular weight excluding hydrogens is 270 g/mol. The van der Waals surface area contributed by atoms with Crippen molar-refractivity contribution in [3.8, 4) is 0 Å². The summed E-state index contributed by atoms with van der Waals surface area (Å²) in [7, 11) is 0. The van der Waals surface area contributed by atoms with Crippen LogP contribution in [0.15, 0.2) is 58.8 Å². The molecule has 1 aliphatic heterocycles. The molecule has 0 unspecified atom stereocenters. The second-order valence-electron chi connectivity index (χ2n) is 5.79. The molecule has 0 atom stereocenters. The van der Waals surface area contributed by atoms with Crippen molar-refractivity contribution in [2.75, 3.05) is 18.0 Å². The maximum absolute atomic E-state index is 4.38. The summed E-state index contributed by atoms with van der Waals surface area (Å²) in [6.07, 6.45) is 4.88. The molecule has 0 spiro atoms. The van der Waals surface area contributed by atoms with Gasteiger partial charge in [0.05, 0.1) is 11.4 Å². The molecule has 0 aromatic heterocycles. The third kappa shape index (κ3) is 3.53. The van der Waals surface area contributed by atoms with E-state index in [0.717, 1.165) is 24.3 Å². The molecule has 0 N–H and O–H groups in total. The Balaban J connectivity index is 1.77. The average Bonchev–Trinajstić information content (AvgIpc) is 2.58. The fourth-order valence-electron chi connectivity index (χ4n) is 2.92. The van der Waals surface area contributed by atoms with Crippen LogP contribution in [0.1, 0.15) is 31.7 Å². The number of benzene rings is 2. The lowest BCUT2D eigenvalue weighted by atomic mass is 10.0. The van der Waals surface area contributed by atoms with E-state index in [1.807, 2.05) is 30.3 Å². The van der Waals surface area contributed by atoms with E-state index in [0.29, 0.717) is 0 Å². The van der Waals surface area contributed by atoms with Crippen LogP contribution in [-0.4, -0.2) is 13.1 Å². The number of azo groups is 1. The monoisotopic (exact) mass is 293 g/mol. The van der Waals surface area contributed by atoms with E-state index in [1.165, 1.54) is 37.1 Å². The van der Waals surface area contributed by atoms with Gasteiger partial charge >= 0.3 is 0 Å². The molecule has 0 fully saturated rings. The Labute approximate surface area is 132 Å². The molecular formula is C19H23N3. The van der Waals surface area contributed by atoms with Crippen LogP contribution in [0, 0.1) is 0 Å². The molecule has 22 heavy (non-hydrogen) atoms. The van der Waals surface area contributed by atoms with Crippen molar-refractivity contribution in [3.63, 3.8) is 0 Å². The normalized spacial score (nSPS) is 14.3. The molecule has 1 aliphatic rings. The first kappa shape index (κ1) is 14.8. The fraction of sp³-hybridized carbons (Fsp3) is 0.368. The fourth-order valence-corrected chi connectivity index (χ4v) is 2.92. The summed E-state index contributed by atoms with van der Waals surface area (Å²) < 4.78 is 0. The topological polar surface area (TPSA) is 28.0 Å². The lowest BCUT2D eigenvalue weighted by Gasteiger charge is -2.31. The van der Waals surface area contributed by atoms with Crippen molar-refractivity contribution in [3.05, 3.63) is 54.1 Å². The number of nitrogens with zero attached hydrogens (tertiary/aromatic N) is 3. The van der Waals surface area contributed by atoms with Crippen LogP contribution in [-0.2, 0) is 6.42 Å². The van der Waals surface area contributed by atoms with E-state index >= 15 is 0 Å². The Hall–Kier alpha value is -2.16. The zero-order valence-electron chi connectivity index (χ0n) is 13.2. The Morgan fingerprint density at radius 2 is 1.82 bits per heavy atom. The Morgan fingerprint density at radius 1 is 1.00 bits per heavy atom. The van der Waals surface area contributed by atoms with E-state index < -0.39 is 0 Å². The van der Waals surface area contributed by atoms with Gasteiger partial charge < -0.3 is 4.90 Å². The lowest BCUT2D eigenvalue weighted by molar-refractivity contribution is 0.658. The van der Waals surface area contributed by atoms with Crippen LogP contribution in [0.3, 0.4) is 0 Å². The number of aryl methyl sites for hydroxylation is 1. The van der Waals surface area contributed by atoms with Crippen LogP contribution in [0.4, 0.5) is 17.1 Å². The summed E-state index contributed by atoms with van der Waals surface area (Å²) in [6.45, 7) is 4.59. The molecule has 3 rings (SSSR count). The van der Waals surface area contributed by atoms with Crippen molar-refractivity contribution in [2.24, 2.45) is 10.2 Å². The van der Waals surface area contributed by atoms with Gasteiger partial charge in [0.2, 0.25) is 0 Å². The van der Waals surface area contributed by atoms with E-state index in [2.05, 4.69) is 40.3 Å². The Morgan fingerprint density at radius 3 is 2.64 bits per heavy atom. The summed E-state index contributed by atoms with van der Waals surface area (Å²) in [6, 6.07) is 16.4. The van der Waals surface area contributed by atoms with Gasteiger partial charge in [-0.05, 0) is 55.2 Å². The molecule has 0 saturated heterocycles. The molecule has 0 saturated carbocycles. The van der Waals surface area contributed by atoms with E-state index in [1.54, 1.807) is 0 Å². The highest BCUT2D eigenvalue weighted by Crippen LogP contribution is 2.31. The van der Waals surface area contributed by atoms with Crippen molar-refractivity contribution in [1.29, 1.82) is 0 Å². The molecule has 2 aromatic carbocycles. The van der Waals surface area contributed by atoms with Crippen molar-refractivity contribution < 1.29 is 0 Å². The number of fused-ring (bicyclic) bond motifs is 1. The van der Waals surface area contributed by atoms with Gasteiger partial charge in [0.15, 0.2) is 0 Å². The van der Waals surface area contributed by atoms with Crippen molar-refractivity contribution >= 4 is 17.1 Å². The first-order valence-corrected chi connectivity index (χ1v) is 8.21. The highest BCUT2D eigenvalue weighted by atomic mass is 15.1. The number of anilines is 1. The summed E-state index contributed by atoms with van der Waals surface area (Å²) in [5.41, 5.74) is 4.63. The second-order valence-corrected chi connectivity index (χ2v) is 5.79. The summed E-state index contributed by atoms with van der Waals surface area (Å²) >= 11 is 0. The number of hydrogen-bond acceptors (Lipinski definition) is 3. The largest absolute Gasteiger partial charge is 0.371 e. The summed E-state index contributed by atoms with van der Waals surface area (Å²) in [5.74, 6) is 0. The first-order chi connectivity index (χ1) is 10.9. The number of unbranched alkanes of at least 4 members (excludes halogenated alkanes) is 1. The second kappa shape index (κ2) is 7.21. The maximum Gasteiger partial charge on any atom is 0.0861 e. The molecule has 0 aliphatic carbocycles. The molecule has 0 radical (unpaired) electrons. The van der Waals surface area contributed by atoms with Crippen LogP contribution >= 0.6 is 0 Å². The average molecular weight is 293 g/mol. The quantitative estimate of drug-likeness (QED) is 0.654. The third-order valence-electron chi connectivity index (χ3n) is 4.10. The van der Waals surface area contributed by atoms with Crippen LogP contribution < -0.4 is 4.90 Å². The molecule has 1 heterocycles. The van der Waals surface area contributed by atoms with Gasteiger partial charge in [0.1, 0.15) is 0 Å². The predicted molar refractivity (Wildman–Crippen MR) is 92.5 cm³/mol.